The molecule has 5 heteroatoms. The van der Waals surface area contributed by atoms with Crippen LogP contribution in [0.4, 0.5) is 0 Å². The van der Waals surface area contributed by atoms with E-state index in [4.69, 9.17) is 9.47 Å². The molecule has 4 heterocycles. The van der Waals surface area contributed by atoms with E-state index in [1.165, 1.54) is 11.1 Å². The van der Waals surface area contributed by atoms with Crippen LogP contribution < -0.4 is 0 Å². The van der Waals surface area contributed by atoms with Gasteiger partial charge in [-0.25, -0.2) is 0 Å². The zero-order valence-electron chi connectivity index (χ0n) is 13.8. The van der Waals surface area contributed by atoms with Gasteiger partial charge in [-0.15, -0.1) is 0 Å². The lowest BCUT2D eigenvalue weighted by Gasteiger charge is -2.27. The van der Waals surface area contributed by atoms with Gasteiger partial charge < -0.3 is 9.47 Å². The van der Waals surface area contributed by atoms with Gasteiger partial charge in [0.05, 0.1) is 26.4 Å². The predicted molar refractivity (Wildman–Crippen MR) is 90.1 cm³/mol. The number of hydrogen-bond donors (Lipinski definition) is 0. The van der Waals surface area contributed by atoms with E-state index < -0.39 is 0 Å². The van der Waals surface area contributed by atoms with E-state index in [1.54, 1.807) is 0 Å². The third-order valence-corrected chi connectivity index (χ3v) is 5.13. The molecule has 0 saturated carbocycles. The van der Waals surface area contributed by atoms with E-state index in [-0.39, 0.29) is 5.41 Å². The average molecular weight is 325 g/mol. The smallest absolute Gasteiger partial charge is 0.0718 e. The van der Waals surface area contributed by atoms with Crippen LogP contribution in [0.25, 0.3) is 0 Å². The summed E-state index contributed by atoms with van der Waals surface area (Å²) in [6.07, 6.45) is 7.40. The van der Waals surface area contributed by atoms with Crippen LogP contribution in [0.1, 0.15) is 11.1 Å². The fraction of sp³-hybridized carbons (Fsp3) is 0.474. The summed E-state index contributed by atoms with van der Waals surface area (Å²) < 4.78 is 11.8. The van der Waals surface area contributed by atoms with Gasteiger partial charge in [-0.05, 0) is 29.3 Å². The second kappa shape index (κ2) is 6.97. The quantitative estimate of drug-likeness (QED) is 0.814. The van der Waals surface area contributed by atoms with Crippen LogP contribution in [0.5, 0.6) is 0 Å². The van der Waals surface area contributed by atoms with Gasteiger partial charge in [0.2, 0.25) is 0 Å². The maximum absolute atomic E-state index is 6.06. The first-order valence-electron chi connectivity index (χ1n) is 8.50. The Morgan fingerprint density at radius 3 is 2.92 bits per heavy atom. The Bertz CT molecular complexity index is 652. The molecule has 24 heavy (non-hydrogen) atoms. The number of hydrogen-bond acceptors (Lipinski definition) is 5. The van der Waals surface area contributed by atoms with Gasteiger partial charge in [0.15, 0.2) is 0 Å². The second-order valence-electron chi connectivity index (χ2n) is 6.95. The van der Waals surface area contributed by atoms with Crippen molar-refractivity contribution >= 4 is 0 Å². The Kier molecular flexibility index (Phi) is 4.56. The molecule has 2 aliphatic rings. The van der Waals surface area contributed by atoms with Crippen molar-refractivity contribution in [2.75, 3.05) is 32.9 Å². The van der Waals surface area contributed by atoms with Crippen molar-refractivity contribution in [2.45, 2.75) is 13.2 Å². The number of rotatable bonds is 6. The zero-order chi connectivity index (χ0) is 16.2. The standard InChI is InChI=1S/C19H23N3O2/c1-2-17(8-21-5-1)9-22-10-18-12-24-15-19(18,13-22)14-23-11-16-3-6-20-7-4-16/h1-8,18H,9-15H2/t18-,19-/m1/s1. The Labute approximate surface area is 142 Å². The van der Waals surface area contributed by atoms with Crippen LogP contribution in [0, 0.1) is 11.3 Å². The molecule has 0 aliphatic carbocycles. The largest absolute Gasteiger partial charge is 0.380 e. The van der Waals surface area contributed by atoms with Crippen molar-refractivity contribution in [3.63, 3.8) is 0 Å². The lowest BCUT2D eigenvalue weighted by molar-refractivity contribution is 0.0182. The molecule has 2 saturated heterocycles. The van der Waals surface area contributed by atoms with E-state index in [0.29, 0.717) is 12.5 Å². The van der Waals surface area contributed by atoms with Crippen LogP contribution in [0.2, 0.25) is 0 Å². The van der Waals surface area contributed by atoms with E-state index >= 15 is 0 Å². The minimum absolute atomic E-state index is 0.134. The lowest BCUT2D eigenvalue weighted by atomic mass is 9.82. The summed E-state index contributed by atoms with van der Waals surface area (Å²) in [5.41, 5.74) is 2.57. The molecule has 0 bridgehead atoms. The molecule has 0 unspecified atom stereocenters. The summed E-state index contributed by atoms with van der Waals surface area (Å²) >= 11 is 0. The Balaban J connectivity index is 1.36. The molecule has 2 aromatic rings. The lowest BCUT2D eigenvalue weighted by Crippen LogP contribution is -2.35. The first-order chi connectivity index (χ1) is 11.8. The van der Waals surface area contributed by atoms with Gasteiger partial charge in [-0.3, -0.25) is 14.9 Å². The molecular formula is C19H23N3O2. The molecule has 5 nitrogen and oxygen atoms in total. The maximum Gasteiger partial charge on any atom is 0.0718 e. The maximum atomic E-state index is 6.06. The number of nitrogens with zero attached hydrogens (tertiary/aromatic N) is 3. The minimum atomic E-state index is 0.134. The number of aromatic nitrogens is 2. The number of likely N-dealkylation sites (tertiary alicyclic amines) is 1. The number of fused-ring (bicyclic) bond motifs is 1. The Morgan fingerprint density at radius 2 is 2.08 bits per heavy atom. The normalized spacial score (nSPS) is 26.6. The van der Waals surface area contributed by atoms with Crippen molar-refractivity contribution in [3.05, 3.63) is 60.2 Å². The molecule has 2 aromatic heterocycles. The van der Waals surface area contributed by atoms with Crippen molar-refractivity contribution in [3.8, 4) is 0 Å². The summed E-state index contributed by atoms with van der Waals surface area (Å²) in [4.78, 5) is 10.8. The fourth-order valence-electron chi connectivity index (χ4n) is 3.87. The minimum Gasteiger partial charge on any atom is -0.380 e. The van der Waals surface area contributed by atoms with E-state index in [9.17, 15) is 0 Å². The molecule has 2 aliphatic heterocycles. The summed E-state index contributed by atoms with van der Waals surface area (Å²) in [5, 5.41) is 0. The van der Waals surface area contributed by atoms with Crippen molar-refractivity contribution in [1.82, 2.24) is 14.9 Å². The summed E-state index contributed by atoms with van der Waals surface area (Å²) in [5.74, 6) is 0.562. The predicted octanol–water partition coefficient (Wildman–Crippen LogP) is 2.14. The highest BCUT2D eigenvalue weighted by molar-refractivity contribution is 5.11. The van der Waals surface area contributed by atoms with E-state index in [2.05, 4.69) is 20.9 Å². The second-order valence-corrected chi connectivity index (χ2v) is 6.95. The van der Waals surface area contributed by atoms with Crippen LogP contribution in [0.3, 0.4) is 0 Å². The highest BCUT2D eigenvalue weighted by Gasteiger charge is 2.50. The van der Waals surface area contributed by atoms with Gasteiger partial charge in [-0.2, -0.15) is 0 Å². The molecule has 0 amide bonds. The van der Waals surface area contributed by atoms with Crippen LogP contribution >= 0.6 is 0 Å². The Morgan fingerprint density at radius 1 is 1.17 bits per heavy atom. The fourth-order valence-corrected chi connectivity index (χ4v) is 3.87. The molecule has 0 N–H and O–H groups in total. The summed E-state index contributed by atoms with van der Waals surface area (Å²) in [7, 11) is 0. The highest BCUT2D eigenvalue weighted by atomic mass is 16.5. The molecular weight excluding hydrogens is 302 g/mol. The monoisotopic (exact) mass is 325 g/mol. The Hall–Kier alpha value is -1.82. The molecule has 0 spiro atoms. The van der Waals surface area contributed by atoms with Crippen LogP contribution in [0.15, 0.2) is 49.1 Å². The number of ether oxygens (including phenoxy) is 2. The zero-order valence-corrected chi connectivity index (χ0v) is 13.8. The molecule has 2 atom stereocenters. The number of pyridine rings is 2. The molecule has 0 radical (unpaired) electrons. The third-order valence-electron chi connectivity index (χ3n) is 5.13. The van der Waals surface area contributed by atoms with Gasteiger partial charge in [0.1, 0.15) is 0 Å². The van der Waals surface area contributed by atoms with Gasteiger partial charge >= 0.3 is 0 Å². The average Bonchev–Trinajstić information content (AvgIpc) is 3.13. The van der Waals surface area contributed by atoms with Gasteiger partial charge in [-0.1, -0.05) is 6.07 Å². The summed E-state index contributed by atoms with van der Waals surface area (Å²) in [6, 6.07) is 8.15. The summed E-state index contributed by atoms with van der Waals surface area (Å²) in [6.45, 7) is 6.11. The van der Waals surface area contributed by atoms with Gasteiger partial charge in [0.25, 0.3) is 0 Å². The first-order valence-corrected chi connectivity index (χ1v) is 8.50. The first kappa shape index (κ1) is 15.7. The van der Waals surface area contributed by atoms with Crippen LogP contribution in [-0.2, 0) is 22.6 Å². The molecule has 2 fully saturated rings. The van der Waals surface area contributed by atoms with E-state index in [0.717, 1.165) is 39.5 Å². The molecule has 4 rings (SSSR count). The van der Waals surface area contributed by atoms with Gasteiger partial charge in [0, 0.05) is 55.8 Å². The van der Waals surface area contributed by atoms with Crippen molar-refractivity contribution < 1.29 is 9.47 Å². The molecule has 126 valence electrons. The van der Waals surface area contributed by atoms with Crippen LogP contribution in [-0.4, -0.2) is 47.8 Å². The topological polar surface area (TPSA) is 47.5 Å². The van der Waals surface area contributed by atoms with E-state index in [1.807, 2.05) is 43.0 Å². The third kappa shape index (κ3) is 3.34. The van der Waals surface area contributed by atoms with Crippen molar-refractivity contribution in [2.24, 2.45) is 11.3 Å². The van der Waals surface area contributed by atoms with Crippen molar-refractivity contribution in [1.29, 1.82) is 0 Å². The molecule has 0 aromatic carbocycles. The highest BCUT2D eigenvalue weighted by Crippen LogP contribution is 2.42. The SMILES string of the molecule is c1cncc(CN2C[C@@H]3COC[C@]3(COCc3ccncc3)C2)c1.